The van der Waals surface area contributed by atoms with Crippen LogP contribution in [-0.4, -0.2) is 53.7 Å². The van der Waals surface area contributed by atoms with Crippen molar-refractivity contribution in [1.29, 1.82) is 0 Å². The van der Waals surface area contributed by atoms with E-state index in [1.165, 1.54) is 0 Å². The number of pyridine rings is 2. The minimum absolute atomic E-state index is 0.0145. The van der Waals surface area contributed by atoms with Crippen molar-refractivity contribution in [3.8, 4) is 11.5 Å². The summed E-state index contributed by atoms with van der Waals surface area (Å²) in [4.78, 5) is 28.6. The van der Waals surface area contributed by atoms with E-state index in [0.717, 1.165) is 47.1 Å². The molecule has 1 saturated carbocycles. The Balaban J connectivity index is 1.39. The fourth-order valence-corrected chi connectivity index (χ4v) is 4.76. The fourth-order valence-electron chi connectivity index (χ4n) is 4.76. The lowest BCUT2D eigenvalue weighted by molar-refractivity contribution is -0.117. The number of amides is 1. The first-order valence-electron chi connectivity index (χ1n) is 12.0. The molecular formula is C26H28N6O3. The Kier molecular flexibility index (Phi) is 5.29. The molecule has 4 aromatic rings. The highest BCUT2D eigenvalue weighted by Gasteiger charge is 2.39. The lowest BCUT2D eigenvalue weighted by atomic mass is 10.1. The Morgan fingerprint density at radius 1 is 1.14 bits per heavy atom. The Morgan fingerprint density at radius 3 is 2.77 bits per heavy atom. The minimum atomic E-state index is 0.0145. The molecule has 0 spiro atoms. The molecule has 1 aliphatic heterocycles. The van der Waals surface area contributed by atoms with Crippen LogP contribution in [-0.2, 0) is 9.53 Å². The van der Waals surface area contributed by atoms with Crippen molar-refractivity contribution in [3.05, 3.63) is 36.7 Å². The highest BCUT2D eigenvalue weighted by molar-refractivity contribution is 6.03. The molecule has 3 atom stereocenters. The van der Waals surface area contributed by atoms with E-state index in [-0.39, 0.29) is 17.9 Å². The molecule has 1 amide bonds. The summed E-state index contributed by atoms with van der Waals surface area (Å²) < 4.78 is 11.8. The molecule has 2 aliphatic rings. The number of carbonyl (C=O) groups excluding carboxylic acids is 1. The summed E-state index contributed by atoms with van der Waals surface area (Å²) >= 11 is 0. The maximum Gasteiger partial charge on any atom is 0.229 e. The molecule has 4 heterocycles. The molecule has 3 aromatic heterocycles. The van der Waals surface area contributed by atoms with Crippen LogP contribution in [0, 0.1) is 11.8 Å². The van der Waals surface area contributed by atoms with Crippen LogP contribution in [0.2, 0.25) is 0 Å². The normalized spacial score (nSPS) is 21.9. The second-order valence-electron chi connectivity index (χ2n) is 9.49. The van der Waals surface area contributed by atoms with Crippen molar-refractivity contribution < 1.29 is 13.9 Å². The van der Waals surface area contributed by atoms with Gasteiger partial charge in [0.1, 0.15) is 17.2 Å². The molecule has 1 saturated heterocycles. The lowest BCUT2D eigenvalue weighted by Crippen LogP contribution is -2.41. The van der Waals surface area contributed by atoms with Gasteiger partial charge >= 0.3 is 0 Å². The quantitative estimate of drug-likeness (QED) is 0.443. The van der Waals surface area contributed by atoms with Crippen LogP contribution in [0.1, 0.15) is 20.3 Å². The van der Waals surface area contributed by atoms with E-state index < -0.39 is 0 Å². The molecule has 1 unspecified atom stereocenters. The molecule has 180 valence electrons. The second-order valence-corrected chi connectivity index (χ2v) is 9.49. The molecule has 0 bridgehead atoms. The van der Waals surface area contributed by atoms with E-state index in [1.807, 2.05) is 19.2 Å². The second kappa shape index (κ2) is 8.49. The first kappa shape index (κ1) is 21.8. The van der Waals surface area contributed by atoms with Gasteiger partial charge in [-0.2, -0.15) is 0 Å². The number of fused-ring (bicyclic) bond motifs is 2. The van der Waals surface area contributed by atoms with Crippen molar-refractivity contribution in [2.45, 2.75) is 26.4 Å². The first-order valence-corrected chi connectivity index (χ1v) is 12.0. The summed E-state index contributed by atoms with van der Waals surface area (Å²) in [5.74, 6) is 2.20. The number of hydrogen-bond acceptors (Lipinski definition) is 8. The zero-order valence-electron chi connectivity index (χ0n) is 20.0. The van der Waals surface area contributed by atoms with Crippen LogP contribution in [0.4, 0.5) is 17.3 Å². The number of benzene rings is 1. The van der Waals surface area contributed by atoms with Gasteiger partial charge in [-0.05, 0) is 43.5 Å². The number of aromatic nitrogens is 3. The summed E-state index contributed by atoms with van der Waals surface area (Å²) in [6.07, 6.45) is 4.59. The molecule has 35 heavy (non-hydrogen) atoms. The summed E-state index contributed by atoms with van der Waals surface area (Å²) in [5, 5.41) is 7.75. The molecule has 2 N–H and O–H groups in total. The summed E-state index contributed by atoms with van der Waals surface area (Å²) in [5.41, 5.74) is 3.34. The molecule has 1 aromatic carbocycles. The van der Waals surface area contributed by atoms with Crippen LogP contribution in [0.25, 0.3) is 33.3 Å². The predicted molar refractivity (Wildman–Crippen MR) is 136 cm³/mol. The molecule has 2 fully saturated rings. The zero-order chi connectivity index (χ0) is 24.1. The van der Waals surface area contributed by atoms with Crippen molar-refractivity contribution in [3.63, 3.8) is 0 Å². The van der Waals surface area contributed by atoms with Crippen molar-refractivity contribution in [2.75, 3.05) is 42.3 Å². The number of rotatable bonds is 5. The molecule has 9 nitrogen and oxygen atoms in total. The van der Waals surface area contributed by atoms with E-state index in [1.54, 1.807) is 12.4 Å². The number of nitrogens with one attached hydrogen (secondary N) is 2. The fraction of sp³-hybridized carbons (Fsp3) is 0.385. The van der Waals surface area contributed by atoms with E-state index in [0.29, 0.717) is 35.6 Å². The summed E-state index contributed by atoms with van der Waals surface area (Å²) in [7, 11) is 1.82. The van der Waals surface area contributed by atoms with Gasteiger partial charge < -0.3 is 24.7 Å². The number of carbonyl (C=O) groups is 1. The molecule has 9 heteroatoms. The van der Waals surface area contributed by atoms with Gasteiger partial charge in [-0.3, -0.25) is 4.79 Å². The monoisotopic (exact) mass is 472 g/mol. The standard InChI is InChI=1S/C26H28N6O3/c1-14-8-17(14)25(33)31-23-10-18-19(11-28-23)24(27-3)29-12-20(18)26-30-21-9-16(4-5-22(21)35-26)32-6-7-34-15(2)13-32/h4-5,9-12,14-15,17H,6-8,13H2,1-3H3,(H,27,29)(H,28,31,33)/t14-,15?,17+/m1/s1. The Morgan fingerprint density at radius 2 is 2.00 bits per heavy atom. The Labute approximate surface area is 202 Å². The van der Waals surface area contributed by atoms with Gasteiger partial charge in [0.15, 0.2) is 5.58 Å². The topological polar surface area (TPSA) is 105 Å². The highest BCUT2D eigenvalue weighted by atomic mass is 16.5. The third-order valence-electron chi connectivity index (χ3n) is 6.91. The SMILES string of the molecule is CNc1ncc(-c2nc3cc(N4CCOC(C)C4)ccc3o2)c2cc(NC(=O)[C@H]3C[C@H]3C)ncc12. The van der Waals surface area contributed by atoms with Crippen LogP contribution >= 0.6 is 0 Å². The third-order valence-corrected chi connectivity index (χ3v) is 6.91. The van der Waals surface area contributed by atoms with Gasteiger partial charge in [-0.1, -0.05) is 6.92 Å². The number of morpholine rings is 1. The number of nitrogens with zero attached hydrogens (tertiary/aromatic N) is 4. The van der Waals surface area contributed by atoms with Crippen LogP contribution in [0.15, 0.2) is 41.1 Å². The summed E-state index contributed by atoms with van der Waals surface area (Å²) in [6, 6.07) is 7.95. The van der Waals surface area contributed by atoms with E-state index in [2.05, 4.69) is 51.5 Å². The maximum absolute atomic E-state index is 12.5. The third kappa shape index (κ3) is 4.05. The average molecular weight is 473 g/mol. The number of anilines is 3. The van der Waals surface area contributed by atoms with Gasteiger partial charge in [0, 0.05) is 54.9 Å². The average Bonchev–Trinajstić information content (AvgIpc) is 3.45. The zero-order valence-corrected chi connectivity index (χ0v) is 20.0. The van der Waals surface area contributed by atoms with E-state index in [9.17, 15) is 4.79 Å². The predicted octanol–water partition coefficient (Wildman–Crippen LogP) is 4.30. The molecular weight excluding hydrogens is 444 g/mol. The minimum Gasteiger partial charge on any atom is -0.436 e. The van der Waals surface area contributed by atoms with Gasteiger partial charge in [-0.15, -0.1) is 0 Å². The number of hydrogen-bond donors (Lipinski definition) is 2. The molecule has 1 aliphatic carbocycles. The molecule has 0 radical (unpaired) electrons. The van der Waals surface area contributed by atoms with Crippen LogP contribution in [0.5, 0.6) is 0 Å². The Hall–Kier alpha value is -3.72. The Bertz CT molecular complexity index is 1430. The van der Waals surface area contributed by atoms with E-state index in [4.69, 9.17) is 14.1 Å². The first-order chi connectivity index (χ1) is 17.0. The van der Waals surface area contributed by atoms with Gasteiger partial charge in [0.25, 0.3) is 0 Å². The summed E-state index contributed by atoms with van der Waals surface area (Å²) in [6.45, 7) is 6.58. The number of ether oxygens (including phenoxy) is 1. The maximum atomic E-state index is 12.5. The van der Waals surface area contributed by atoms with Gasteiger partial charge in [0.2, 0.25) is 11.8 Å². The van der Waals surface area contributed by atoms with Crippen LogP contribution < -0.4 is 15.5 Å². The van der Waals surface area contributed by atoms with Crippen molar-refractivity contribution >= 4 is 45.1 Å². The van der Waals surface area contributed by atoms with Gasteiger partial charge in [0.05, 0.1) is 18.3 Å². The number of oxazole rings is 1. The smallest absolute Gasteiger partial charge is 0.229 e. The van der Waals surface area contributed by atoms with Crippen LogP contribution in [0.3, 0.4) is 0 Å². The lowest BCUT2D eigenvalue weighted by Gasteiger charge is -2.32. The van der Waals surface area contributed by atoms with Crippen molar-refractivity contribution in [1.82, 2.24) is 15.0 Å². The van der Waals surface area contributed by atoms with Crippen molar-refractivity contribution in [2.24, 2.45) is 11.8 Å². The largest absolute Gasteiger partial charge is 0.436 e. The van der Waals surface area contributed by atoms with Gasteiger partial charge in [-0.25, -0.2) is 15.0 Å². The highest BCUT2D eigenvalue weighted by Crippen LogP contribution is 2.39. The molecule has 6 rings (SSSR count). The van der Waals surface area contributed by atoms with E-state index >= 15 is 0 Å².